The first-order valence-electron chi connectivity index (χ1n) is 17.7. The van der Waals surface area contributed by atoms with Crippen LogP contribution in [0.15, 0.2) is 170 Å². The molecule has 11 aromatic rings. The molecule has 53 heavy (non-hydrogen) atoms. The Hall–Kier alpha value is -6.82. The maximum absolute atomic E-state index is 5.33. The molecular formula is C48H28N4S. The largest absolute Gasteiger partial charge is 0.247 e. The highest BCUT2D eigenvalue weighted by Gasteiger charge is 2.18. The summed E-state index contributed by atoms with van der Waals surface area (Å²) < 4.78 is 2.58. The van der Waals surface area contributed by atoms with Crippen LogP contribution in [0.2, 0.25) is 0 Å². The van der Waals surface area contributed by atoms with E-state index in [1.54, 1.807) is 0 Å². The first kappa shape index (κ1) is 29.9. The highest BCUT2D eigenvalue weighted by molar-refractivity contribution is 7.26. The van der Waals surface area contributed by atoms with Crippen LogP contribution in [0.4, 0.5) is 0 Å². The molecule has 11 rings (SSSR count). The van der Waals surface area contributed by atoms with Crippen molar-refractivity contribution in [3.63, 3.8) is 0 Å². The van der Waals surface area contributed by atoms with Crippen LogP contribution in [0.5, 0.6) is 0 Å². The molecule has 5 heteroatoms. The molecule has 0 radical (unpaired) electrons. The highest BCUT2D eigenvalue weighted by atomic mass is 32.1. The lowest BCUT2D eigenvalue weighted by molar-refractivity contribution is 1.08. The molecule has 0 saturated carbocycles. The second-order valence-electron chi connectivity index (χ2n) is 13.4. The first-order chi connectivity index (χ1) is 26.3. The number of benzene rings is 8. The van der Waals surface area contributed by atoms with Gasteiger partial charge in [0.05, 0.1) is 11.2 Å². The van der Waals surface area contributed by atoms with Gasteiger partial charge in [-0.3, -0.25) is 0 Å². The Morgan fingerprint density at radius 3 is 1.55 bits per heavy atom. The Labute approximate surface area is 308 Å². The Morgan fingerprint density at radius 2 is 0.868 bits per heavy atom. The van der Waals surface area contributed by atoms with Crippen LogP contribution < -0.4 is 0 Å². The van der Waals surface area contributed by atoms with Gasteiger partial charge < -0.3 is 0 Å². The molecule has 246 valence electrons. The number of rotatable bonds is 4. The summed E-state index contributed by atoms with van der Waals surface area (Å²) in [6, 6.07) is 59.6. The lowest BCUT2D eigenvalue weighted by Crippen LogP contribution is -2.01. The molecule has 0 bridgehead atoms. The molecule has 3 aromatic heterocycles. The van der Waals surface area contributed by atoms with Crippen LogP contribution >= 0.6 is 11.3 Å². The minimum absolute atomic E-state index is 0.626. The summed E-state index contributed by atoms with van der Waals surface area (Å²) in [4.78, 5) is 20.7. The molecule has 0 aliphatic rings. The van der Waals surface area contributed by atoms with Crippen LogP contribution in [0.3, 0.4) is 0 Å². The predicted octanol–water partition coefficient (Wildman–Crippen LogP) is 12.9. The van der Waals surface area contributed by atoms with Gasteiger partial charge in [-0.15, -0.1) is 11.3 Å². The predicted molar refractivity (Wildman–Crippen MR) is 222 cm³/mol. The van der Waals surface area contributed by atoms with Gasteiger partial charge in [-0.25, -0.2) is 19.9 Å². The van der Waals surface area contributed by atoms with Crippen LogP contribution in [-0.2, 0) is 0 Å². The second kappa shape index (κ2) is 11.9. The van der Waals surface area contributed by atoms with Crippen LogP contribution in [0.25, 0.3) is 109 Å². The summed E-state index contributed by atoms with van der Waals surface area (Å²) >= 11 is 1.85. The zero-order valence-corrected chi connectivity index (χ0v) is 29.2. The van der Waals surface area contributed by atoms with Crippen molar-refractivity contribution in [3.05, 3.63) is 170 Å². The quantitative estimate of drug-likeness (QED) is 0.172. The molecule has 4 nitrogen and oxygen atoms in total. The van der Waals surface area contributed by atoms with E-state index >= 15 is 0 Å². The maximum Gasteiger partial charge on any atom is 0.164 e. The van der Waals surface area contributed by atoms with Crippen molar-refractivity contribution in [1.82, 2.24) is 19.9 Å². The first-order valence-corrected chi connectivity index (χ1v) is 18.5. The smallest absolute Gasteiger partial charge is 0.164 e. The van der Waals surface area contributed by atoms with E-state index < -0.39 is 0 Å². The number of nitrogens with zero attached hydrogens (tertiary/aromatic N) is 4. The standard InChI is InChI=1S/C48H28N4S/c1-3-15-33-29(11-1)13-9-20-39(33)47-50-46(51-48(52-47)40-21-10-14-30-12-2-4-16-34(30)40)32-25-23-31(24-26-32)44-37-19-6-5-18-36(37)43-41(49-44)28-27-38-35-17-7-8-22-42(35)53-45(38)43/h1-28H. The fourth-order valence-corrected chi connectivity index (χ4v) is 9.06. The van der Waals surface area contributed by atoms with Gasteiger partial charge in [0.2, 0.25) is 0 Å². The topological polar surface area (TPSA) is 51.6 Å². The fraction of sp³-hybridized carbons (Fsp3) is 0. The minimum atomic E-state index is 0.626. The number of hydrogen-bond acceptors (Lipinski definition) is 5. The van der Waals surface area contributed by atoms with E-state index in [2.05, 4.69) is 170 Å². The van der Waals surface area contributed by atoms with Crippen molar-refractivity contribution in [3.8, 4) is 45.4 Å². The van der Waals surface area contributed by atoms with Gasteiger partial charge in [0.15, 0.2) is 17.5 Å². The van der Waals surface area contributed by atoms with Crippen LogP contribution in [-0.4, -0.2) is 19.9 Å². The molecule has 0 fully saturated rings. The number of hydrogen-bond donors (Lipinski definition) is 0. The van der Waals surface area contributed by atoms with E-state index in [1.807, 2.05) is 11.3 Å². The van der Waals surface area contributed by atoms with Crippen molar-refractivity contribution in [2.75, 3.05) is 0 Å². The molecule has 0 aliphatic carbocycles. The zero-order valence-electron chi connectivity index (χ0n) is 28.4. The van der Waals surface area contributed by atoms with Crippen molar-refractivity contribution in [1.29, 1.82) is 0 Å². The van der Waals surface area contributed by atoms with Gasteiger partial charge in [0.25, 0.3) is 0 Å². The maximum atomic E-state index is 5.33. The summed E-state index contributed by atoms with van der Waals surface area (Å²) in [6.07, 6.45) is 0. The Kier molecular flexibility index (Phi) is 6.69. The molecule has 0 N–H and O–H groups in total. The van der Waals surface area contributed by atoms with Crippen molar-refractivity contribution >= 4 is 74.7 Å². The Balaban J connectivity index is 1.08. The minimum Gasteiger partial charge on any atom is -0.247 e. The summed E-state index contributed by atoms with van der Waals surface area (Å²) in [7, 11) is 0. The molecule has 0 saturated heterocycles. The lowest BCUT2D eigenvalue weighted by atomic mass is 9.98. The molecule has 0 unspecified atom stereocenters. The molecular weight excluding hydrogens is 665 g/mol. The third-order valence-electron chi connectivity index (χ3n) is 10.3. The third kappa shape index (κ3) is 4.82. The van der Waals surface area contributed by atoms with Crippen LogP contribution in [0, 0.1) is 0 Å². The van der Waals surface area contributed by atoms with E-state index in [9.17, 15) is 0 Å². The van der Waals surface area contributed by atoms with E-state index in [1.165, 1.54) is 30.9 Å². The normalized spacial score (nSPS) is 11.8. The number of pyridine rings is 1. The van der Waals surface area contributed by atoms with Crippen LogP contribution in [0.1, 0.15) is 0 Å². The average Bonchev–Trinajstić information content (AvgIpc) is 3.62. The Bertz CT molecular complexity index is 3130. The van der Waals surface area contributed by atoms with Gasteiger partial charge in [0, 0.05) is 53.2 Å². The molecule has 3 heterocycles. The molecule has 0 amide bonds. The van der Waals surface area contributed by atoms with E-state index in [0.29, 0.717) is 17.5 Å². The number of fused-ring (bicyclic) bond motifs is 9. The van der Waals surface area contributed by atoms with E-state index in [4.69, 9.17) is 19.9 Å². The molecule has 0 atom stereocenters. The van der Waals surface area contributed by atoms with Gasteiger partial charge in [-0.05, 0) is 39.1 Å². The monoisotopic (exact) mass is 692 g/mol. The number of aromatic nitrogens is 4. The number of thiophene rings is 1. The molecule has 0 spiro atoms. The summed E-state index contributed by atoms with van der Waals surface area (Å²) in [5, 5.41) is 10.6. The lowest BCUT2D eigenvalue weighted by Gasteiger charge is -2.13. The van der Waals surface area contributed by atoms with Gasteiger partial charge in [-0.2, -0.15) is 0 Å². The summed E-state index contributed by atoms with van der Waals surface area (Å²) in [5.74, 6) is 1.92. The highest BCUT2D eigenvalue weighted by Crippen LogP contribution is 2.42. The molecule has 8 aromatic carbocycles. The van der Waals surface area contributed by atoms with E-state index in [0.717, 1.165) is 60.4 Å². The average molecular weight is 693 g/mol. The SMILES string of the molecule is c1ccc2c(-c3nc(-c4ccc(-c5nc6ccc7c8ccccc8sc7c6c6ccccc56)cc4)nc(-c4cccc5ccccc45)n3)cccc2c1. The van der Waals surface area contributed by atoms with Crippen molar-refractivity contribution in [2.24, 2.45) is 0 Å². The van der Waals surface area contributed by atoms with Gasteiger partial charge in [0.1, 0.15) is 0 Å². The van der Waals surface area contributed by atoms with Gasteiger partial charge >= 0.3 is 0 Å². The van der Waals surface area contributed by atoms with E-state index in [-0.39, 0.29) is 0 Å². The molecule has 0 aliphatic heterocycles. The summed E-state index contributed by atoms with van der Waals surface area (Å²) in [6.45, 7) is 0. The van der Waals surface area contributed by atoms with Gasteiger partial charge in [-0.1, -0.05) is 158 Å². The van der Waals surface area contributed by atoms with Crippen molar-refractivity contribution in [2.45, 2.75) is 0 Å². The fourth-order valence-electron chi connectivity index (χ4n) is 7.80. The Morgan fingerprint density at radius 1 is 0.340 bits per heavy atom. The second-order valence-corrected chi connectivity index (χ2v) is 14.4. The third-order valence-corrected chi connectivity index (χ3v) is 11.5. The van der Waals surface area contributed by atoms with Crippen molar-refractivity contribution < 1.29 is 0 Å². The summed E-state index contributed by atoms with van der Waals surface area (Å²) in [5.41, 5.74) is 5.87. The zero-order chi connectivity index (χ0) is 34.9.